The van der Waals surface area contributed by atoms with E-state index in [4.69, 9.17) is 22.2 Å². The van der Waals surface area contributed by atoms with Gasteiger partial charge in [-0.15, -0.1) is 0 Å². The van der Waals surface area contributed by atoms with Gasteiger partial charge in [-0.1, -0.05) is 18.2 Å². The number of halogens is 1. The van der Waals surface area contributed by atoms with Crippen LogP contribution in [0.5, 0.6) is 5.75 Å². The molecule has 0 aliphatic carbocycles. The summed E-state index contributed by atoms with van der Waals surface area (Å²) in [5, 5.41) is 12.2. The van der Waals surface area contributed by atoms with Gasteiger partial charge >= 0.3 is 0 Å². The molecule has 0 aliphatic heterocycles. The summed E-state index contributed by atoms with van der Waals surface area (Å²) in [6.07, 6.45) is 0.230. The van der Waals surface area contributed by atoms with E-state index in [0.717, 1.165) is 5.69 Å². The third-order valence-electron chi connectivity index (χ3n) is 3.16. The van der Waals surface area contributed by atoms with E-state index < -0.39 is 0 Å². The van der Waals surface area contributed by atoms with E-state index in [-0.39, 0.29) is 12.2 Å². The molecule has 0 fully saturated rings. The summed E-state index contributed by atoms with van der Waals surface area (Å²) >= 11 is 5.39. The minimum atomic E-state index is -0.389. The molecule has 0 heterocycles. The molecule has 0 aliphatic rings. The van der Waals surface area contributed by atoms with Gasteiger partial charge < -0.3 is 15.0 Å². The maximum atomic E-state index is 14.1. The summed E-state index contributed by atoms with van der Waals surface area (Å²) in [6, 6.07) is 15.7. The van der Waals surface area contributed by atoms with Gasteiger partial charge in [-0.3, -0.25) is 0 Å². The molecule has 0 amide bonds. The van der Waals surface area contributed by atoms with Crippen molar-refractivity contribution in [3.63, 3.8) is 0 Å². The van der Waals surface area contributed by atoms with E-state index in [9.17, 15) is 4.39 Å². The van der Waals surface area contributed by atoms with Crippen molar-refractivity contribution in [1.29, 1.82) is 5.26 Å². The average molecular weight is 329 g/mol. The van der Waals surface area contributed by atoms with Crippen molar-refractivity contribution in [3.05, 3.63) is 54.3 Å². The normalized spacial score (nSPS) is 9.78. The molecule has 23 heavy (non-hydrogen) atoms. The molecule has 118 valence electrons. The van der Waals surface area contributed by atoms with Crippen LogP contribution in [0.2, 0.25) is 0 Å². The lowest BCUT2D eigenvalue weighted by Crippen LogP contribution is -2.36. The number of nitriles is 1. The van der Waals surface area contributed by atoms with Gasteiger partial charge in [-0.2, -0.15) is 5.26 Å². The van der Waals surface area contributed by atoms with Gasteiger partial charge in [0.05, 0.1) is 25.3 Å². The molecule has 1 N–H and O–H groups in total. The Morgan fingerprint density at radius 3 is 2.78 bits per heavy atom. The Kier molecular flexibility index (Phi) is 5.89. The summed E-state index contributed by atoms with van der Waals surface area (Å²) in [4.78, 5) is 1.58. The van der Waals surface area contributed by atoms with Crippen LogP contribution in [0.3, 0.4) is 0 Å². The molecule has 2 aromatic rings. The SMILES string of the molecule is COc1cccc(NC(=S)N(CCC#N)c2ccccc2F)c1. The zero-order chi connectivity index (χ0) is 16.7. The second-order valence-corrected chi connectivity index (χ2v) is 5.06. The van der Waals surface area contributed by atoms with E-state index in [0.29, 0.717) is 23.1 Å². The first-order chi connectivity index (χ1) is 11.2. The molecular weight excluding hydrogens is 313 g/mol. The zero-order valence-electron chi connectivity index (χ0n) is 12.6. The van der Waals surface area contributed by atoms with E-state index in [2.05, 4.69) is 11.4 Å². The third kappa shape index (κ3) is 4.41. The molecule has 0 saturated carbocycles. The van der Waals surface area contributed by atoms with Crippen molar-refractivity contribution in [1.82, 2.24) is 0 Å². The van der Waals surface area contributed by atoms with Crippen LogP contribution in [0.15, 0.2) is 48.5 Å². The molecule has 2 aromatic carbocycles. The quantitative estimate of drug-likeness (QED) is 0.842. The first kappa shape index (κ1) is 16.7. The number of ether oxygens (including phenoxy) is 1. The molecule has 4 nitrogen and oxygen atoms in total. The van der Waals surface area contributed by atoms with Crippen LogP contribution in [-0.4, -0.2) is 18.8 Å². The lowest BCUT2D eigenvalue weighted by molar-refractivity contribution is 0.415. The number of para-hydroxylation sites is 1. The van der Waals surface area contributed by atoms with Crippen LogP contribution in [0.25, 0.3) is 0 Å². The molecular formula is C17H16FN3OS. The number of nitrogens with zero attached hydrogens (tertiary/aromatic N) is 2. The van der Waals surface area contributed by atoms with Crippen molar-refractivity contribution < 1.29 is 9.13 Å². The number of anilines is 2. The molecule has 0 bridgehead atoms. The predicted octanol–water partition coefficient (Wildman–Crippen LogP) is 3.95. The summed E-state index contributed by atoms with van der Waals surface area (Å²) in [5.74, 6) is 0.299. The molecule has 0 unspecified atom stereocenters. The molecule has 0 aromatic heterocycles. The molecule has 0 spiro atoms. The lowest BCUT2D eigenvalue weighted by atomic mass is 10.2. The number of nitrogens with one attached hydrogen (secondary N) is 1. The highest BCUT2D eigenvalue weighted by molar-refractivity contribution is 7.80. The highest BCUT2D eigenvalue weighted by Crippen LogP contribution is 2.22. The Hall–Kier alpha value is -2.65. The topological polar surface area (TPSA) is 48.3 Å². The first-order valence-electron chi connectivity index (χ1n) is 6.99. The largest absolute Gasteiger partial charge is 0.497 e. The predicted molar refractivity (Wildman–Crippen MR) is 93.2 cm³/mol. The van der Waals surface area contributed by atoms with Crippen molar-refractivity contribution in [2.75, 3.05) is 23.9 Å². The summed E-state index contributed by atoms with van der Waals surface area (Å²) in [7, 11) is 1.58. The van der Waals surface area contributed by atoms with Crippen molar-refractivity contribution in [3.8, 4) is 11.8 Å². The summed E-state index contributed by atoms with van der Waals surface area (Å²) in [6.45, 7) is 0.299. The molecule has 0 saturated heterocycles. The fourth-order valence-corrected chi connectivity index (χ4v) is 2.36. The van der Waals surface area contributed by atoms with Gasteiger partial charge in [0.25, 0.3) is 0 Å². The Morgan fingerprint density at radius 2 is 2.09 bits per heavy atom. The monoisotopic (exact) mass is 329 g/mol. The Morgan fingerprint density at radius 1 is 1.30 bits per heavy atom. The number of hydrogen-bond donors (Lipinski definition) is 1. The molecule has 0 radical (unpaired) electrons. The molecule has 2 rings (SSSR count). The van der Waals surface area contributed by atoms with Crippen LogP contribution in [0, 0.1) is 17.1 Å². The van der Waals surface area contributed by atoms with Crippen LogP contribution in [-0.2, 0) is 0 Å². The van der Waals surface area contributed by atoms with Gasteiger partial charge in [-0.25, -0.2) is 4.39 Å². The number of rotatable bonds is 5. The van der Waals surface area contributed by atoms with Gasteiger partial charge in [-0.05, 0) is 36.5 Å². The second-order valence-electron chi connectivity index (χ2n) is 4.67. The fraction of sp³-hybridized carbons (Fsp3) is 0.176. The summed E-state index contributed by atoms with van der Waals surface area (Å²) < 4.78 is 19.2. The maximum Gasteiger partial charge on any atom is 0.178 e. The van der Waals surface area contributed by atoms with Gasteiger partial charge in [0.1, 0.15) is 11.6 Å². The van der Waals surface area contributed by atoms with Crippen molar-refractivity contribution in [2.24, 2.45) is 0 Å². The summed E-state index contributed by atoms with van der Waals surface area (Å²) in [5.41, 5.74) is 1.07. The minimum Gasteiger partial charge on any atom is -0.497 e. The van der Waals surface area contributed by atoms with Crippen LogP contribution < -0.4 is 15.0 Å². The number of thiocarbonyl (C=S) groups is 1. The van der Waals surface area contributed by atoms with Gasteiger partial charge in [0.15, 0.2) is 5.11 Å². The second kappa shape index (κ2) is 8.11. The first-order valence-corrected chi connectivity index (χ1v) is 7.40. The maximum absolute atomic E-state index is 14.1. The van der Waals surface area contributed by atoms with E-state index in [1.165, 1.54) is 6.07 Å². The van der Waals surface area contributed by atoms with E-state index in [1.54, 1.807) is 36.3 Å². The minimum absolute atomic E-state index is 0.230. The highest BCUT2D eigenvalue weighted by Gasteiger charge is 2.15. The molecule has 0 atom stereocenters. The lowest BCUT2D eigenvalue weighted by Gasteiger charge is -2.25. The Bertz CT molecular complexity index is 730. The highest BCUT2D eigenvalue weighted by atomic mass is 32.1. The van der Waals surface area contributed by atoms with E-state index >= 15 is 0 Å². The number of hydrogen-bond acceptors (Lipinski definition) is 3. The third-order valence-corrected chi connectivity index (χ3v) is 3.48. The van der Waals surface area contributed by atoms with Crippen LogP contribution in [0.4, 0.5) is 15.8 Å². The Labute approximate surface area is 140 Å². The van der Waals surface area contributed by atoms with Crippen molar-refractivity contribution in [2.45, 2.75) is 6.42 Å². The Balaban J connectivity index is 2.23. The van der Waals surface area contributed by atoms with Crippen LogP contribution in [0.1, 0.15) is 6.42 Å². The number of benzene rings is 2. The van der Waals surface area contributed by atoms with Crippen LogP contribution >= 0.6 is 12.2 Å². The van der Waals surface area contributed by atoms with Gasteiger partial charge in [0, 0.05) is 18.3 Å². The van der Waals surface area contributed by atoms with Gasteiger partial charge in [0.2, 0.25) is 0 Å². The molecule has 6 heteroatoms. The van der Waals surface area contributed by atoms with E-state index in [1.807, 2.05) is 18.2 Å². The standard InChI is InChI=1S/C17H16FN3OS/c1-22-14-7-4-6-13(12-14)20-17(23)21(11-5-10-19)16-9-3-2-8-15(16)18/h2-4,6-9,12H,5,11H2,1H3,(H,20,23). The smallest absolute Gasteiger partial charge is 0.178 e. The zero-order valence-corrected chi connectivity index (χ0v) is 13.4. The fourth-order valence-electron chi connectivity index (χ4n) is 2.06. The number of methoxy groups -OCH3 is 1. The average Bonchev–Trinajstić information content (AvgIpc) is 2.57. The van der Waals surface area contributed by atoms with Crippen molar-refractivity contribution >= 4 is 28.7 Å².